The molecule has 1 aromatic carbocycles. The maximum atomic E-state index is 13.2. The second-order valence-electron chi connectivity index (χ2n) is 11.2. The number of ether oxygens (including phenoxy) is 3. The molecule has 35 heavy (non-hydrogen) atoms. The third-order valence-corrected chi connectivity index (χ3v) is 8.83. The molecule has 0 aromatic heterocycles. The van der Waals surface area contributed by atoms with Crippen LogP contribution in [0.4, 0.5) is 5.69 Å². The van der Waals surface area contributed by atoms with Crippen molar-refractivity contribution in [3.8, 4) is 0 Å². The Morgan fingerprint density at radius 3 is 2.03 bits per heavy atom. The Kier molecular flexibility index (Phi) is 6.18. The molecule has 190 valence electrons. The van der Waals surface area contributed by atoms with E-state index >= 15 is 0 Å². The van der Waals surface area contributed by atoms with Gasteiger partial charge in [0, 0.05) is 49.1 Å². The summed E-state index contributed by atoms with van der Waals surface area (Å²) in [5.74, 6) is -0.888. The lowest BCUT2D eigenvalue weighted by Crippen LogP contribution is -2.72. The minimum absolute atomic E-state index is 0.0576. The number of nitro benzene ring substituents is 1. The van der Waals surface area contributed by atoms with Crippen LogP contribution in [0, 0.1) is 44.6 Å². The number of carbonyl (C=O) groups is 3. The molecule has 9 heteroatoms. The Hall–Kier alpha value is -2.97. The molecule has 0 unspecified atom stereocenters. The van der Waals surface area contributed by atoms with E-state index in [-0.39, 0.29) is 47.0 Å². The van der Waals surface area contributed by atoms with Crippen LogP contribution in [-0.2, 0) is 23.8 Å². The Morgan fingerprint density at radius 2 is 1.49 bits per heavy atom. The zero-order valence-corrected chi connectivity index (χ0v) is 21.0. The third-order valence-electron chi connectivity index (χ3n) is 8.83. The van der Waals surface area contributed by atoms with E-state index in [0.717, 1.165) is 6.42 Å². The van der Waals surface area contributed by atoms with Crippen molar-refractivity contribution in [1.82, 2.24) is 0 Å². The van der Waals surface area contributed by atoms with E-state index in [2.05, 4.69) is 27.7 Å². The first-order valence-corrected chi connectivity index (χ1v) is 12.1. The van der Waals surface area contributed by atoms with E-state index in [0.29, 0.717) is 6.42 Å². The van der Waals surface area contributed by atoms with Gasteiger partial charge in [-0.2, -0.15) is 0 Å². The molecule has 5 aliphatic carbocycles. The Balaban J connectivity index is 1.72. The number of rotatable bonds is 5. The molecule has 5 saturated carbocycles. The fourth-order valence-corrected chi connectivity index (χ4v) is 7.51. The van der Waals surface area contributed by atoms with Gasteiger partial charge >= 0.3 is 17.9 Å². The quantitative estimate of drug-likeness (QED) is 0.260. The van der Waals surface area contributed by atoms with E-state index < -0.39 is 39.9 Å². The van der Waals surface area contributed by atoms with Gasteiger partial charge in [0.25, 0.3) is 5.69 Å². The second-order valence-corrected chi connectivity index (χ2v) is 11.2. The minimum atomic E-state index is -0.594. The van der Waals surface area contributed by atoms with Crippen molar-refractivity contribution < 1.29 is 33.5 Å². The summed E-state index contributed by atoms with van der Waals surface area (Å²) < 4.78 is 17.7. The molecule has 1 aromatic rings. The minimum Gasteiger partial charge on any atom is -0.462 e. The molecule has 5 aliphatic rings. The molecule has 0 heterocycles. The second kappa shape index (κ2) is 8.60. The zero-order valence-electron chi connectivity index (χ0n) is 21.0. The van der Waals surface area contributed by atoms with Crippen LogP contribution in [0.3, 0.4) is 0 Å². The van der Waals surface area contributed by atoms with Gasteiger partial charge < -0.3 is 14.2 Å². The predicted molar refractivity (Wildman–Crippen MR) is 124 cm³/mol. The molecule has 5 fully saturated rings. The molecule has 9 nitrogen and oxygen atoms in total. The summed E-state index contributed by atoms with van der Waals surface area (Å²) in [6, 6.07) is 5.29. The summed E-state index contributed by atoms with van der Waals surface area (Å²) >= 11 is 0. The van der Waals surface area contributed by atoms with E-state index in [1.165, 1.54) is 38.1 Å². The van der Waals surface area contributed by atoms with Crippen molar-refractivity contribution in [1.29, 1.82) is 0 Å². The number of hydrogen-bond acceptors (Lipinski definition) is 8. The van der Waals surface area contributed by atoms with Crippen molar-refractivity contribution in [3.05, 3.63) is 39.9 Å². The number of benzene rings is 1. The maximum Gasteiger partial charge on any atom is 0.338 e. The van der Waals surface area contributed by atoms with Crippen LogP contribution in [0.5, 0.6) is 0 Å². The molecule has 0 spiro atoms. The first-order chi connectivity index (χ1) is 16.3. The molecular formula is C26H33NO8. The Morgan fingerprint density at radius 1 is 0.886 bits per heavy atom. The summed E-state index contributed by atoms with van der Waals surface area (Å²) in [6.45, 7) is 11.2. The van der Waals surface area contributed by atoms with Crippen LogP contribution < -0.4 is 0 Å². The summed E-state index contributed by atoms with van der Waals surface area (Å²) in [6.07, 6.45) is -0.345. The first-order valence-electron chi connectivity index (χ1n) is 12.1. The fraction of sp³-hybridized carbons (Fsp3) is 0.654. The number of fused-ring (bicyclic) bond motifs is 5. The highest BCUT2D eigenvalue weighted by molar-refractivity contribution is 5.89. The van der Waals surface area contributed by atoms with Gasteiger partial charge in [0.05, 0.1) is 10.5 Å². The highest BCUT2D eigenvalue weighted by atomic mass is 16.6. The van der Waals surface area contributed by atoms with Crippen molar-refractivity contribution in [2.75, 3.05) is 0 Å². The topological polar surface area (TPSA) is 122 Å². The number of esters is 3. The smallest absolute Gasteiger partial charge is 0.338 e. The van der Waals surface area contributed by atoms with Crippen molar-refractivity contribution in [2.24, 2.45) is 34.5 Å². The van der Waals surface area contributed by atoms with Crippen molar-refractivity contribution >= 4 is 23.6 Å². The summed E-state index contributed by atoms with van der Waals surface area (Å²) in [4.78, 5) is 47.6. The van der Waals surface area contributed by atoms with Crippen LogP contribution in [0.1, 0.15) is 64.7 Å². The number of hydrogen-bond donors (Lipinski definition) is 0. The van der Waals surface area contributed by atoms with Crippen LogP contribution in [0.25, 0.3) is 0 Å². The van der Waals surface area contributed by atoms with Gasteiger partial charge in [0.1, 0.15) is 18.3 Å². The molecule has 0 saturated heterocycles. The average Bonchev–Trinajstić information content (AvgIpc) is 2.85. The van der Waals surface area contributed by atoms with Crippen molar-refractivity contribution in [2.45, 2.75) is 72.7 Å². The average molecular weight is 488 g/mol. The SMILES string of the molecule is CC(=O)O[C@@H]1C[C@H](C)[C@H]2[C@H]3[C@@H]1[C@]2(C)[C@H](OC(=O)c1ccc([N+](=O)[O-])cc1)C[C@@H](OC(C)=O)C3(C)C. The largest absolute Gasteiger partial charge is 0.462 e. The summed E-state index contributed by atoms with van der Waals surface area (Å²) in [5.41, 5.74) is -0.820. The van der Waals surface area contributed by atoms with Gasteiger partial charge in [-0.1, -0.05) is 27.7 Å². The standard InChI is InChI=1S/C26H33NO8/c1-13-11-18(33-14(2)28)22-23-21(13)26(22,6)20(12-19(25(23,4)5)34-15(3)29)35-24(30)16-7-9-17(10-8-16)27(31)32/h7-10,13,18-23H,11-12H2,1-6H3/t13-,18+,19+,20+,21-,22+,23-,26+/m0/s1. The summed E-state index contributed by atoms with van der Waals surface area (Å²) in [7, 11) is 0. The van der Waals surface area contributed by atoms with Crippen molar-refractivity contribution in [3.63, 3.8) is 0 Å². The number of nitro groups is 1. The Labute approximate surface area is 204 Å². The molecular weight excluding hydrogens is 454 g/mol. The third kappa shape index (κ3) is 3.98. The van der Waals surface area contributed by atoms with Gasteiger partial charge in [-0.3, -0.25) is 19.7 Å². The van der Waals surface area contributed by atoms with E-state index in [1.54, 1.807) is 0 Å². The lowest BCUT2D eigenvalue weighted by atomic mass is 9.35. The predicted octanol–water partition coefficient (Wildman–Crippen LogP) is 4.32. The molecule has 0 amide bonds. The van der Waals surface area contributed by atoms with E-state index in [1.807, 2.05) is 0 Å². The highest BCUT2D eigenvalue weighted by Crippen LogP contribution is 2.74. The number of nitrogens with zero attached hydrogens (tertiary/aromatic N) is 1. The van der Waals surface area contributed by atoms with Gasteiger partial charge in [0.15, 0.2) is 0 Å². The number of non-ortho nitro benzene ring substituents is 1. The van der Waals surface area contributed by atoms with Gasteiger partial charge in [-0.15, -0.1) is 0 Å². The molecule has 0 aliphatic heterocycles. The van der Waals surface area contributed by atoms with Crippen LogP contribution in [-0.4, -0.2) is 41.1 Å². The monoisotopic (exact) mass is 487 g/mol. The molecule has 8 atom stereocenters. The molecule has 6 rings (SSSR count). The fourth-order valence-electron chi connectivity index (χ4n) is 7.51. The van der Waals surface area contributed by atoms with Crippen LogP contribution >= 0.6 is 0 Å². The van der Waals surface area contributed by atoms with Gasteiger partial charge in [-0.25, -0.2) is 4.79 Å². The van der Waals surface area contributed by atoms with Gasteiger partial charge in [-0.05, 0) is 36.3 Å². The van der Waals surface area contributed by atoms with E-state index in [9.17, 15) is 24.5 Å². The van der Waals surface area contributed by atoms with Crippen LogP contribution in [0.2, 0.25) is 0 Å². The lowest BCUT2D eigenvalue weighted by Gasteiger charge is -2.70. The molecule has 0 N–H and O–H groups in total. The maximum absolute atomic E-state index is 13.2. The number of carbonyl (C=O) groups excluding carboxylic acids is 3. The van der Waals surface area contributed by atoms with E-state index in [4.69, 9.17) is 14.2 Å². The van der Waals surface area contributed by atoms with Gasteiger partial charge in [0.2, 0.25) is 0 Å². The molecule has 0 radical (unpaired) electrons. The highest BCUT2D eigenvalue weighted by Gasteiger charge is 2.76. The molecule has 4 bridgehead atoms. The normalized spacial score (nSPS) is 36.7. The first kappa shape index (κ1) is 25.1. The lowest BCUT2D eigenvalue weighted by molar-refractivity contribution is -0.384. The van der Waals surface area contributed by atoms with Crippen LogP contribution in [0.15, 0.2) is 24.3 Å². The Bertz CT molecular complexity index is 1050. The summed E-state index contributed by atoms with van der Waals surface area (Å²) in [5, 5.41) is 11.0. The zero-order chi connectivity index (χ0) is 25.9.